The molecule has 2 rings (SSSR count). The molecule has 0 spiro atoms. The highest BCUT2D eigenvalue weighted by atomic mass is 16.6. The standard InChI is InChI=1S/C15H22N4O3/c1-15(2,3)22-14(21)19-7-4-11(10-19)18-9-13(20)12-8-16-5-6-17-12/h5-6,8,11,18H,4,7,9-10H2,1-3H3. The molecule has 7 nitrogen and oxygen atoms in total. The summed E-state index contributed by atoms with van der Waals surface area (Å²) in [6, 6.07) is 0.0909. The Morgan fingerprint density at radius 1 is 1.41 bits per heavy atom. The molecule has 1 atom stereocenters. The van der Waals surface area contributed by atoms with Crippen molar-refractivity contribution in [3.63, 3.8) is 0 Å². The fraction of sp³-hybridized carbons (Fsp3) is 0.600. The summed E-state index contributed by atoms with van der Waals surface area (Å²) >= 11 is 0. The zero-order chi connectivity index (χ0) is 16.2. The van der Waals surface area contributed by atoms with Crippen LogP contribution in [0.4, 0.5) is 4.79 Å². The van der Waals surface area contributed by atoms with Gasteiger partial charge in [0.25, 0.3) is 0 Å². The van der Waals surface area contributed by atoms with E-state index in [-0.39, 0.29) is 24.5 Å². The van der Waals surface area contributed by atoms with Crippen LogP contribution in [0.25, 0.3) is 0 Å². The van der Waals surface area contributed by atoms with Gasteiger partial charge in [-0.2, -0.15) is 0 Å². The van der Waals surface area contributed by atoms with Crippen molar-refractivity contribution in [1.29, 1.82) is 0 Å². The molecule has 120 valence electrons. The molecule has 1 aromatic heterocycles. The molecule has 0 radical (unpaired) electrons. The van der Waals surface area contributed by atoms with Gasteiger partial charge in [-0.05, 0) is 27.2 Å². The van der Waals surface area contributed by atoms with Gasteiger partial charge < -0.3 is 15.0 Å². The number of amides is 1. The minimum atomic E-state index is -0.495. The molecular formula is C15H22N4O3. The summed E-state index contributed by atoms with van der Waals surface area (Å²) in [6.45, 7) is 6.89. The molecule has 1 N–H and O–H groups in total. The first-order valence-corrected chi connectivity index (χ1v) is 7.36. The molecule has 22 heavy (non-hydrogen) atoms. The van der Waals surface area contributed by atoms with Crippen LogP contribution in [0.5, 0.6) is 0 Å². The molecule has 1 fully saturated rings. The Bertz CT molecular complexity index is 527. The van der Waals surface area contributed by atoms with E-state index in [1.807, 2.05) is 20.8 Å². The van der Waals surface area contributed by atoms with E-state index in [1.54, 1.807) is 4.90 Å². The Hall–Kier alpha value is -2.02. The number of hydrogen-bond donors (Lipinski definition) is 1. The van der Waals surface area contributed by atoms with Gasteiger partial charge in [0, 0.05) is 31.5 Å². The van der Waals surface area contributed by atoms with Gasteiger partial charge >= 0.3 is 6.09 Å². The van der Waals surface area contributed by atoms with Gasteiger partial charge in [0.2, 0.25) is 0 Å². The van der Waals surface area contributed by atoms with E-state index in [1.165, 1.54) is 18.6 Å². The maximum atomic E-state index is 12.0. The third kappa shape index (κ3) is 4.77. The summed E-state index contributed by atoms with van der Waals surface area (Å²) in [5.74, 6) is -0.108. The predicted octanol–water partition coefficient (Wildman–Crippen LogP) is 1.26. The minimum absolute atomic E-state index is 0.0909. The lowest BCUT2D eigenvalue weighted by Crippen LogP contribution is -2.39. The second kappa shape index (κ2) is 6.83. The van der Waals surface area contributed by atoms with Crippen LogP contribution in [0.1, 0.15) is 37.7 Å². The summed E-state index contributed by atoms with van der Waals surface area (Å²) in [7, 11) is 0. The van der Waals surface area contributed by atoms with E-state index in [4.69, 9.17) is 4.74 Å². The van der Waals surface area contributed by atoms with Crippen molar-refractivity contribution in [2.24, 2.45) is 0 Å². The Morgan fingerprint density at radius 2 is 2.18 bits per heavy atom. The Balaban J connectivity index is 1.77. The van der Waals surface area contributed by atoms with Crippen molar-refractivity contribution in [2.75, 3.05) is 19.6 Å². The van der Waals surface area contributed by atoms with E-state index < -0.39 is 5.60 Å². The lowest BCUT2D eigenvalue weighted by molar-refractivity contribution is 0.0291. The highest BCUT2D eigenvalue weighted by molar-refractivity contribution is 5.95. The number of hydrogen-bond acceptors (Lipinski definition) is 6. The monoisotopic (exact) mass is 306 g/mol. The second-order valence-corrected chi connectivity index (χ2v) is 6.31. The molecule has 1 aromatic rings. The molecule has 2 heterocycles. The van der Waals surface area contributed by atoms with Crippen LogP contribution in [0.2, 0.25) is 0 Å². The number of aromatic nitrogens is 2. The first kappa shape index (κ1) is 16.4. The fourth-order valence-electron chi connectivity index (χ4n) is 2.19. The number of nitrogens with zero attached hydrogens (tertiary/aromatic N) is 3. The van der Waals surface area contributed by atoms with Crippen molar-refractivity contribution in [3.05, 3.63) is 24.3 Å². The molecule has 1 unspecified atom stereocenters. The Labute approximate surface area is 130 Å². The summed E-state index contributed by atoms with van der Waals surface area (Å²) in [5, 5.41) is 3.16. The molecule has 0 aromatic carbocycles. The molecule has 1 saturated heterocycles. The number of carbonyl (C=O) groups excluding carboxylic acids is 2. The molecule has 1 amide bonds. The van der Waals surface area contributed by atoms with Crippen molar-refractivity contribution < 1.29 is 14.3 Å². The number of nitrogens with one attached hydrogen (secondary N) is 1. The largest absolute Gasteiger partial charge is 0.444 e. The number of Topliss-reactive ketones (excluding diaryl/α,β-unsaturated/α-hetero) is 1. The fourth-order valence-corrected chi connectivity index (χ4v) is 2.19. The average molecular weight is 306 g/mol. The highest BCUT2D eigenvalue weighted by Crippen LogP contribution is 2.15. The number of ether oxygens (including phenoxy) is 1. The van der Waals surface area contributed by atoms with Gasteiger partial charge in [0.1, 0.15) is 11.3 Å². The van der Waals surface area contributed by atoms with Crippen molar-refractivity contribution in [3.8, 4) is 0 Å². The predicted molar refractivity (Wildman–Crippen MR) is 80.6 cm³/mol. The lowest BCUT2D eigenvalue weighted by Gasteiger charge is -2.24. The SMILES string of the molecule is CC(C)(C)OC(=O)N1CCC(NCC(=O)c2cnccn2)C1. The topological polar surface area (TPSA) is 84.4 Å². The van der Waals surface area contributed by atoms with Gasteiger partial charge in [-0.15, -0.1) is 0 Å². The van der Waals surface area contributed by atoms with Crippen LogP contribution in [0.3, 0.4) is 0 Å². The summed E-state index contributed by atoms with van der Waals surface area (Å²) in [4.78, 5) is 33.4. The molecule has 0 aliphatic carbocycles. The zero-order valence-electron chi connectivity index (χ0n) is 13.2. The van der Waals surface area contributed by atoms with Crippen LogP contribution < -0.4 is 5.32 Å². The van der Waals surface area contributed by atoms with E-state index >= 15 is 0 Å². The molecule has 1 aliphatic rings. The van der Waals surface area contributed by atoms with Crippen LogP contribution >= 0.6 is 0 Å². The van der Waals surface area contributed by atoms with Gasteiger partial charge in [-0.3, -0.25) is 9.78 Å². The number of rotatable bonds is 4. The maximum absolute atomic E-state index is 12.0. The van der Waals surface area contributed by atoms with E-state index in [0.717, 1.165) is 6.42 Å². The van der Waals surface area contributed by atoms with E-state index in [0.29, 0.717) is 18.8 Å². The van der Waals surface area contributed by atoms with Gasteiger partial charge in [0.05, 0.1) is 12.7 Å². The normalized spacial score (nSPS) is 18.3. The lowest BCUT2D eigenvalue weighted by atomic mass is 10.2. The van der Waals surface area contributed by atoms with Crippen LogP contribution in [0.15, 0.2) is 18.6 Å². The van der Waals surface area contributed by atoms with E-state index in [9.17, 15) is 9.59 Å². The van der Waals surface area contributed by atoms with Crippen LogP contribution in [-0.4, -0.2) is 58.0 Å². The third-order valence-electron chi connectivity index (χ3n) is 3.24. The Morgan fingerprint density at radius 3 is 2.82 bits per heavy atom. The molecule has 0 saturated carbocycles. The summed E-state index contributed by atoms with van der Waals surface area (Å²) in [6.07, 6.45) is 4.96. The quantitative estimate of drug-likeness (QED) is 0.843. The zero-order valence-corrected chi connectivity index (χ0v) is 13.2. The van der Waals surface area contributed by atoms with Crippen molar-refractivity contribution >= 4 is 11.9 Å². The molecule has 0 bridgehead atoms. The average Bonchev–Trinajstić information content (AvgIpc) is 2.93. The van der Waals surface area contributed by atoms with Crippen LogP contribution in [-0.2, 0) is 4.74 Å². The van der Waals surface area contributed by atoms with E-state index in [2.05, 4.69) is 15.3 Å². The third-order valence-corrected chi connectivity index (χ3v) is 3.24. The van der Waals surface area contributed by atoms with Crippen molar-refractivity contribution in [2.45, 2.75) is 38.8 Å². The highest BCUT2D eigenvalue weighted by Gasteiger charge is 2.29. The molecule has 7 heteroatoms. The summed E-state index contributed by atoms with van der Waals surface area (Å²) in [5.41, 5.74) is -0.151. The van der Waals surface area contributed by atoms with Gasteiger partial charge in [-0.25, -0.2) is 9.78 Å². The molecular weight excluding hydrogens is 284 g/mol. The van der Waals surface area contributed by atoms with Crippen LogP contribution in [0, 0.1) is 0 Å². The number of ketones is 1. The van der Waals surface area contributed by atoms with Gasteiger partial charge in [0.15, 0.2) is 5.78 Å². The smallest absolute Gasteiger partial charge is 0.410 e. The maximum Gasteiger partial charge on any atom is 0.410 e. The number of carbonyl (C=O) groups is 2. The first-order valence-electron chi connectivity index (χ1n) is 7.36. The van der Waals surface area contributed by atoms with Gasteiger partial charge in [-0.1, -0.05) is 0 Å². The Kier molecular flexibility index (Phi) is 5.07. The minimum Gasteiger partial charge on any atom is -0.444 e. The first-order chi connectivity index (χ1) is 10.3. The number of likely N-dealkylation sites (tertiary alicyclic amines) is 1. The summed E-state index contributed by atoms with van der Waals surface area (Å²) < 4.78 is 5.34. The van der Waals surface area contributed by atoms with Crippen molar-refractivity contribution in [1.82, 2.24) is 20.2 Å². The molecule has 1 aliphatic heterocycles. The second-order valence-electron chi connectivity index (χ2n) is 6.31.